The highest BCUT2D eigenvalue weighted by Crippen LogP contribution is 2.12. The molecule has 1 aromatic carbocycles. The van der Waals surface area contributed by atoms with Crippen LogP contribution in [0.1, 0.15) is 10.4 Å². The summed E-state index contributed by atoms with van der Waals surface area (Å²) >= 11 is 0. The van der Waals surface area contributed by atoms with Gasteiger partial charge in [-0.05, 0) is 12.1 Å². The second kappa shape index (κ2) is 4.28. The van der Waals surface area contributed by atoms with E-state index < -0.39 is 4.92 Å². The van der Waals surface area contributed by atoms with E-state index in [1.807, 2.05) is 0 Å². The molecule has 6 heteroatoms. The summed E-state index contributed by atoms with van der Waals surface area (Å²) in [5.74, 6) is -0.245. The van der Waals surface area contributed by atoms with Gasteiger partial charge in [0.05, 0.1) is 17.6 Å². The maximum Gasteiger partial charge on any atom is 0.269 e. The van der Waals surface area contributed by atoms with Crippen molar-refractivity contribution in [3.8, 4) is 0 Å². The first-order chi connectivity index (χ1) is 7.66. The molecule has 1 aliphatic heterocycles. The Morgan fingerprint density at radius 1 is 1.50 bits per heavy atom. The van der Waals surface area contributed by atoms with Crippen molar-refractivity contribution in [1.29, 1.82) is 0 Å². The van der Waals surface area contributed by atoms with Gasteiger partial charge in [-0.25, -0.2) is 0 Å². The van der Waals surface area contributed by atoms with E-state index in [9.17, 15) is 14.9 Å². The van der Waals surface area contributed by atoms with E-state index in [1.54, 1.807) is 0 Å². The van der Waals surface area contributed by atoms with Crippen molar-refractivity contribution in [1.82, 2.24) is 5.32 Å². The van der Waals surface area contributed by atoms with Gasteiger partial charge in [0, 0.05) is 24.2 Å². The molecular formula is C10H10N2O4. The van der Waals surface area contributed by atoms with Gasteiger partial charge in [0.1, 0.15) is 0 Å². The van der Waals surface area contributed by atoms with Crippen LogP contribution in [0.2, 0.25) is 0 Å². The van der Waals surface area contributed by atoms with Crippen molar-refractivity contribution in [2.75, 3.05) is 13.2 Å². The number of nitrogens with zero attached hydrogens (tertiary/aromatic N) is 1. The highest BCUT2D eigenvalue weighted by Gasteiger charge is 2.22. The molecule has 2 rings (SSSR count). The first-order valence-electron chi connectivity index (χ1n) is 4.81. The number of amides is 1. The van der Waals surface area contributed by atoms with E-state index in [-0.39, 0.29) is 17.7 Å². The minimum Gasteiger partial charge on any atom is -0.371 e. The van der Waals surface area contributed by atoms with Crippen molar-refractivity contribution >= 4 is 11.6 Å². The van der Waals surface area contributed by atoms with Gasteiger partial charge in [-0.2, -0.15) is 0 Å². The Labute approximate surface area is 91.4 Å². The molecule has 6 nitrogen and oxygen atoms in total. The van der Waals surface area contributed by atoms with E-state index in [0.717, 1.165) is 0 Å². The van der Waals surface area contributed by atoms with Crippen LogP contribution in [-0.4, -0.2) is 30.1 Å². The Morgan fingerprint density at radius 2 is 2.12 bits per heavy atom. The van der Waals surface area contributed by atoms with Crippen molar-refractivity contribution in [2.24, 2.45) is 0 Å². The minimum absolute atomic E-state index is 0.0259. The van der Waals surface area contributed by atoms with E-state index in [1.165, 1.54) is 24.3 Å². The first kappa shape index (κ1) is 10.6. The Balaban J connectivity index is 1.96. The van der Waals surface area contributed by atoms with Gasteiger partial charge in [-0.15, -0.1) is 0 Å². The van der Waals surface area contributed by atoms with Crippen LogP contribution in [0, 0.1) is 10.1 Å². The smallest absolute Gasteiger partial charge is 0.269 e. The Kier molecular flexibility index (Phi) is 2.82. The van der Waals surface area contributed by atoms with Crippen LogP contribution in [0.5, 0.6) is 0 Å². The fourth-order valence-electron chi connectivity index (χ4n) is 1.23. The third-order valence-electron chi connectivity index (χ3n) is 2.23. The lowest BCUT2D eigenvalue weighted by Crippen LogP contribution is -2.27. The summed E-state index contributed by atoms with van der Waals surface area (Å²) in [7, 11) is 0. The Hall–Kier alpha value is -1.95. The summed E-state index contributed by atoms with van der Waals surface area (Å²) in [5, 5.41) is 13.1. The fourth-order valence-corrected chi connectivity index (χ4v) is 1.23. The van der Waals surface area contributed by atoms with Crippen LogP contribution in [-0.2, 0) is 4.74 Å². The summed E-state index contributed by atoms with van der Waals surface area (Å²) in [5.41, 5.74) is 0.383. The highest BCUT2D eigenvalue weighted by molar-refractivity contribution is 5.94. The number of ether oxygens (including phenoxy) is 1. The third-order valence-corrected chi connectivity index (χ3v) is 2.23. The lowest BCUT2D eigenvalue weighted by atomic mass is 10.2. The topological polar surface area (TPSA) is 84.8 Å². The second-order valence-electron chi connectivity index (χ2n) is 3.47. The van der Waals surface area contributed by atoms with Crippen molar-refractivity contribution < 1.29 is 14.5 Å². The molecule has 1 fully saturated rings. The molecule has 1 aliphatic rings. The average Bonchev–Trinajstić information content (AvgIpc) is 3.10. The monoisotopic (exact) mass is 222 g/mol. The molecule has 0 spiro atoms. The molecule has 0 bridgehead atoms. The number of rotatable bonds is 4. The number of nitrogens with one attached hydrogen (secondary N) is 1. The summed E-state index contributed by atoms with van der Waals surface area (Å²) in [6.07, 6.45) is 0.127. The van der Waals surface area contributed by atoms with Gasteiger partial charge >= 0.3 is 0 Å². The van der Waals surface area contributed by atoms with Gasteiger partial charge in [-0.3, -0.25) is 14.9 Å². The first-order valence-corrected chi connectivity index (χ1v) is 4.81. The van der Waals surface area contributed by atoms with E-state index in [2.05, 4.69) is 5.32 Å². The molecule has 16 heavy (non-hydrogen) atoms. The molecule has 1 saturated heterocycles. The summed E-state index contributed by atoms with van der Waals surface area (Å²) < 4.78 is 4.94. The van der Waals surface area contributed by atoms with Gasteiger partial charge in [-0.1, -0.05) is 0 Å². The Morgan fingerprint density at radius 3 is 2.62 bits per heavy atom. The van der Waals surface area contributed by atoms with Gasteiger partial charge in [0.15, 0.2) is 0 Å². The highest BCUT2D eigenvalue weighted by atomic mass is 16.6. The van der Waals surface area contributed by atoms with Crippen molar-refractivity contribution in [2.45, 2.75) is 6.10 Å². The molecular weight excluding hydrogens is 212 g/mol. The molecule has 1 aromatic rings. The minimum atomic E-state index is -0.500. The number of nitro benzene ring substituents is 1. The van der Waals surface area contributed by atoms with Crippen LogP contribution in [0.3, 0.4) is 0 Å². The molecule has 1 N–H and O–H groups in total. The van der Waals surface area contributed by atoms with Crippen LogP contribution in [0.25, 0.3) is 0 Å². The predicted octanol–water partition coefficient (Wildman–Crippen LogP) is 0.723. The molecule has 0 unspecified atom stereocenters. The zero-order valence-electron chi connectivity index (χ0n) is 8.38. The van der Waals surface area contributed by atoms with Gasteiger partial charge in [0.2, 0.25) is 0 Å². The number of carbonyl (C=O) groups excluding carboxylic acids is 1. The molecule has 0 aliphatic carbocycles. The Bertz CT molecular complexity index is 411. The largest absolute Gasteiger partial charge is 0.371 e. The maximum atomic E-state index is 11.5. The van der Waals surface area contributed by atoms with Gasteiger partial charge < -0.3 is 10.1 Å². The van der Waals surface area contributed by atoms with Crippen molar-refractivity contribution in [3.63, 3.8) is 0 Å². The number of epoxide rings is 1. The van der Waals surface area contributed by atoms with Crippen molar-refractivity contribution in [3.05, 3.63) is 39.9 Å². The van der Waals surface area contributed by atoms with Gasteiger partial charge in [0.25, 0.3) is 11.6 Å². The molecule has 1 heterocycles. The fraction of sp³-hybridized carbons (Fsp3) is 0.300. The predicted molar refractivity (Wildman–Crippen MR) is 55.2 cm³/mol. The number of nitro groups is 1. The molecule has 0 aromatic heterocycles. The quantitative estimate of drug-likeness (QED) is 0.462. The lowest BCUT2D eigenvalue weighted by Gasteiger charge is -2.02. The molecule has 0 saturated carbocycles. The number of hydrogen-bond acceptors (Lipinski definition) is 4. The van der Waals surface area contributed by atoms with E-state index in [0.29, 0.717) is 18.7 Å². The zero-order valence-corrected chi connectivity index (χ0v) is 8.38. The third kappa shape index (κ3) is 2.54. The SMILES string of the molecule is O=C(NC[C@@H]1CO1)c1ccc([N+](=O)[O-])cc1. The second-order valence-corrected chi connectivity index (χ2v) is 3.47. The normalized spacial score (nSPS) is 17.9. The van der Waals surface area contributed by atoms with Crippen LogP contribution < -0.4 is 5.32 Å². The van der Waals surface area contributed by atoms with E-state index in [4.69, 9.17) is 4.74 Å². The summed E-state index contributed by atoms with van der Waals surface area (Å²) in [6.45, 7) is 1.16. The molecule has 1 atom stereocenters. The number of hydrogen-bond donors (Lipinski definition) is 1. The van der Waals surface area contributed by atoms with E-state index >= 15 is 0 Å². The summed E-state index contributed by atoms with van der Waals surface area (Å²) in [4.78, 5) is 21.4. The zero-order chi connectivity index (χ0) is 11.5. The number of carbonyl (C=O) groups is 1. The summed E-state index contributed by atoms with van der Waals surface area (Å²) in [6, 6.07) is 5.48. The molecule has 1 amide bonds. The maximum absolute atomic E-state index is 11.5. The molecule has 0 radical (unpaired) electrons. The van der Waals surface area contributed by atoms with Crippen LogP contribution in [0.15, 0.2) is 24.3 Å². The molecule has 84 valence electrons. The van der Waals surface area contributed by atoms with Crippen LogP contribution >= 0.6 is 0 Å². The average molecular weight is 222 g/mol. The standard InChI is InChI=1S/C10H10N2O4/c13-10(11-5-9-6-16-9)7-1-3-8(4-2-7)12(14)15/h1-4,9H,5-6H2,(H,11,13)/t9-/m1/s1. The number of benzene rings is 1. The lowest BCUT2D eigenvalue weighted by molar-refractivity contribution is -0.384. The van der Waals surface area contributed by atoms with Crippen LogP contribution in [0.4, 0.5) is 5.69 Å². The number of non-ortho nitro benzene ring substituents is 1.